The molecule has 0 amide bonds. The van der Waals surface area contributed by atoms with Crippen LogP contribution in [-0.4, -0.2) is 45.9 Å². The minimum Gasteiger partial charge on any atom is -0.375 e. The van der Waals surface area contributed by atoms with E-state index in [-0.39, 0.29) is 18.3 Å². The summed E-state index contributed by atoms with van der Waals surface area (Å²) in [7, 11) is 5.31. The first-order chi connectivity index (χ1) is 15.2. The van der Waals surface area contributed by atoms with Crippen LogP contribution in [0.15, 0.2) is 91.0 Å². The molecule has 0 spiro atoms. The summed E-state index contributed by atoms with van der Waals surface area (Å²) < 4.78 is 17.7. The number of benzene rings is 3. The van der Waals surface area contributed by atoms with Gasteiger partial charge in [0.15, 0.2) is 0 Å². The summed E-state index contributed by atoms with van der Waals surface area (Å²) in [4.78, 5) is 2.38. The zero-order valence-electron chi connectivity index (χ0n) is 18.7. The Bertz CT molecular complexity index is 740. The van der Waals surface area contributed by atoms with Crippen LogP contribution in [0.3, 0.4) is 0 Å². The van der Waals surface area contributed by atoms with E-state index in [4.69, 9.17) is 14.2 Å². The summed E-state index contributed by atoms with van der Waals surface area (Å²) in [6.45, 7) is 2.21. The molecule has 0 aliphatic carbocycles. The van der Waals surface area contributed by atoms with Gasteiger partial charge in [0, 0.05) is 41.0 Å². The smallest absolute Gasteiger partial charge is 0.0948 e. The molecule has 0 saturated heterocycles. The minimum atomic E-state index is -0.0391. The van der Waals surface area contributed by atoms with Crippen molar-refractivity contribution in [1.82, 2.24) is 4.90 Å². The average Bonchev–Trinajstić information content (AvgIpc) is 2.85. The Kier molecular flexibility index (Phi) is 9.25. The second-order valence-electron chi connectivity index (χ2n) is 7.62. The van der Waals surface area contributed by atoms with Crippen molar-refractivity contribution < 1.29 is 14.2 Å². The molecule has 0 fully saturated rings. The molecule has 31 heavy (non-hydrogen) atoms. The van der Waals surface area contributed by atoms with Gasteiger partial charge in [-0.2, -0.15) is 0 Å². The first kappa shape index (κ1) is 23.2. The molecule has 0 aliphatic heterocycles. The summed E-state index contributed by atoms with van der Waals surface area (Å²) in [5, 5.41) is 0. The van der Waals surface area contributed by atoms with Crippen LogP contribution < -0.4 is 0 Å². The summed E-state index contributed by atoms with van der Waals surface area (Å²) in [6.07, 6.45) is -0.117. The molecule has 4 heteroatoms. The number of nitrogens with zero attached hydrogens (tertiary/aromatic N) is 1. The summed E-state index contributed by atoms with van der Waals surface area (Å²) in [5.74, 6) is 0. The van der Waals surface area contributed by atoms with E-state index >= 15 is 0 Å². The largest absolute Gasteiger partial charge is 0.375 e. The topological polar surface area (TPSA) is 30.9 Å². The molecule has 3 aromatic carbocycles. The lowest BCUT2D eigenvalue weighted by Crippen LogP contribution is -2.37. The number of rotatable bonds is 12. The van der Waals surface area contributed by atoms with Gasteiger partial charge in [0.1, 0.15) is 0 Å². The van der Waals surface area contributed by atoms with E-state index < -0.39 is 0 Å². The summed E-state index contributed by atoms with van der Waals surface area (Å²) in [6, 6.07) is 31.1. The van der Waals surface area contributed by atoms with E-state index in [9.17, 15) is 0 Å². The van der Waals surface area contributed by atoms with Crippen LogP contribution in [0.1, 0.15) is 35.0 Å². The lowest BCUT2D eigenvalue weighted by atomic mass is 10.0. The van der Waals surface area contributed by atoms with Crippen LogP contribution in [0.2, 0.25) is 0 Å². The highest BCUT2D eigenvalue weighted by atomic mass is 16.5. The molecule has 0 radical (unpaired) electrons. The van der Waals surface area contributed by atoms with Gasteiger partial charge in [0.25, 0.3) is 0 Å². The van der Waals surface area contributed by atoms with Crippen molar-refractivity contribution in [2.45, 2.75) is 18.3 Å². The monoisotopic (exact) mass is 419 g/mol. The van der Waals surface area contributed by atoms with Crippen molar-refractivity contribution in [3.8, 4) is 0 Å². The van der Waals surface area contributed by atoms with Gasteiger partial charge >= 0.3 is 0 Å². The van der Waals surface area contributed by atoms with Crippen molar-refractivity contribution in [2.75, 3.05) is 41.0 Å². The van der Waals surface area contributed by atoms with E-state index in [1.54, 1.807) is 21.3 Å². The third-order valence-electron chi connectivity index (χ3n) is 5.64. The van der Waals surface area contributed by atoms with Crippen LogP contribution in [0, 0.1) is 0 Å². The predicted molar refractivity (Wildman–Crippen MR) is 125 cm³/mol. The number of hydrogen-bond donors (Lipinski definition) is 0. The molecular formula is C27H33NO3. The quantitative estimate of drug-likeness (QED) is 0.390. The van der Waals surface area contributed by atoms with E-state index in [1.807, 2.05) is 18.2 Å². The minimum absolute atomic E-state index is 0.0391. The Morgan fingerprint density at radius 1 is 0.484 bits per heavy atom. The first-order valence-electron chi connectivity index (χ1n) is 10.7. The fraction of sp³-hybridized carbons (Fsp3) is 0.333. The molecule has 0 heterocycles. The Balaban J connectivity index is 1.83. The second kappa shape index (κ2) is 12.4. The van der Waals surface area contributed by atoms with Crippen LogP contribution in [0.4, 0.5) is 0 Å². The van der Waals surface area contributed by atoms with Crippen molar-refractivity contribution in [1.29, 1.82) is 0 Å². The molecule has 0 N–H and O–H groups in total. The first-order valence-corrected chi connectivity index (χ1v) is 10.7. The van der Waals surface area contributed by atoms with E-state index in [2.05, 4.69) is 77.7 Å². The molecule has 0 bridgehead atoms. The standard InChI is InChI=1S/C27H33NO3/c1-29-25(22-13-7-4-8-14-22)19-28(20-26(30-2)23-15-9-5-10-16-23)21-27(31-3)24-17-11-6-12-18-24/h4-18,25-27H,19-21H2,1-3H3/t25-,26-,27-/m0/s1. The zero-order valence-corrected chi connectivity index (χ0v) is 18.7. The van der Waals surface area contributed by atoms with Gasteiger partial charge in [-0.05, 0) is 16.7 Å². The molecule has 0 aliphatic rings. The van der Waals surface area contributed by atoms with Gasteiger partial charge in [0.05, 0.1) is 18.3 Å². The molecule has 3 aromatic rings. The number of methoxy groups -OCH3 is 3. The SMILES string of the molecule is CO[C@@H](CN(C[C@H](OC)c1ccccc1)C[C@H](OC)c1ccccc1)c1ccccc1. The van der Waals surface area contributed by atoms with E-state index in [0.717, 1.165) is 36.3 Å². The van der Waals surface area contributed by atoms with Crippen molar-refractivity contribution >= 4 is 0 Å². The van der Waals surface area contributed by atoms with Gasteiger partial charge in [-0.15, -0.1) is 0 Å². The van der Waals surface area contributed by atoms with Crippen molar-refractivity contribution in [3.63, 3.8) is 0 Å². The average molecular weight is 420 g/mol. The predicted octanol–water partition coefficient (Wildman–Crippen LogP) is 5.45. The van der Waals surface area contributed by atoms with Crippen molar-refractivity contribution in [3.05, 3.63) is 108 Å². The molecule has 0 saturated carbocycles. The maximum Gasteiger partial charge on any atom is 0.0948 e. The Morgan fingerprint density at radius 2 is 0.742 bits per heavy atom. The molecule has 164 valence electrons. The third kappa shape index (κ3) is 6.74. The normalized spacial score (nSPS) is 14.3. The maximum atomic E-state index is 5.89. The Labute approximate surface area is 186 Å². The molecular weight excluding hydrogens is 386 g/mol. The van der Waals surface area contributed by atoms with Gasteiger partial charge in [0.2, 0.25) is 0 Å². The maximum absolute atomic E-state index is 5.89. The lowest BCUT2D eigenvalue weighted by Gasteiger charge is -2.32. The van der Waals surface area contributed by atoms with E-state index in [1.165, 1.54) is 0 Å². The highest BCUT2D eigenvalue weighted by Crippen LogP contribution is 2.25. The van der Waals surface area contributed by atoms with E-state index in [0.29, 0.717) is 0 Å². The highest BCUT2D eigenvalue weighted by molar-refractivity contribution is 5.21. The van der Waals surface area contributed by atoms with Gasteiger partial charge < -0.3 is 14.2 Å². The van der Waals surface area contributed by atoms with Crippen LogP contribution in [0.5, 0.6) is 0 Å². The fourth-order valence-corrected chi connectivity index (χ4v) is 3.88. The third-order valence-corrected chi connectivity index (χ3v) is 5.64. The van der Waals surface area contributed by atoms with Crippen LogP contribution in [0.25, 0.3) is 0 Å². The Hall–Kier alpha value is -2.50. The van der Waals surface area contributed by atoms with Crippen LogP contribution in [-0.2, 0) is 14.2 Å². The lowest BCUT2D eigenvalue weighted by molar-refractivity contribution is -0.00300. The summed E-state index contributed by atoms with van der Waals surface area (Å²) >= 11 is 0. The molecule has 3 rings (SSSR count). The van der Waals surface area contributed by atoms with Gasteiger partial charge in [-0.25, -0.2) is 0 Å². The summed E-state index contributed by atoms with van der Waals surface area (Å²) in [5.41, 5.74) is 3.49. The molecule has 3 atom stereocenters. The van der Waals surface area contributed by atoms with Gasteiger partial charge in [-0.3, -0.25) is 4.90 Å². The second-order valence-corrected chi connectivity index (χ2v) is 7.62. The van der Waals surface area contributed by atoms with Gasteiger partial charge in [-0.1, -0.05) is 91.0 Å². The molecule has 4 nitrogen and oxygen atoms in total. The van der Waals surface area contributed by atoms with Crippen molar-refractivity contribution in [2.24, 2.45) is 0 Å². The molecule has 0 unspecified atom stereocenters. The zero-order chi connectivity index (χ0) is 21.9. The number of hydrogen-bond acceptors (Lipinski definition) is 4. The Morgan fingerprint density at radius 3 is 0.968 bits per heavy atom. The van der Waals surface area contributed by atoms with Crippen LogP contribution >= 0.6 is 0 Å². The fourth-order valence-electron chi connectivity index (χ4n) is 3.88. The highest BCUT2D eigenvalue weighted by Gasteiger charge is 2.24. The molecule has 0 aromatic heterocycles. The number of ether oxygens (including phenoxy) is 3.